The van der Waals surface area contributed by atoms with Crippen molar-refractivity contribution >= 4 is 35.4 Å². The van der Waals surface area contributed by atoms with Crippen molar-refractivity contribution in [3.05, 3.63) is 29.8 Å². The number of hydroxylamine groups is 1. The van der Waals surface area contributed by atoms with Gasteiger partial charge in [-0.05, 0) is 49.3 Å². The Hall–Kier alpha value is -4.20. The van der Waals surface area contributed by atoms with E-state index in [1.165, 1.54) is 17.5 Å². The fourth-order valence-corrected chi connectivity index (χ4v) is 5.22. The van der Waals surface area contributed by atoms with Crippen LogP contribution in [0.15, 0.2) is 24.3 Å². The van der Waals surface area contributed by atoms with E-state index in [1.807, 2.05) is 13.8 Å². The molecule has 1 aromatic rings. The third kappa shape index (κ3) is 9.66. The monoisotopic (exact) mass is 602 g/mol. The lowest BCUT2D eigenvalue weighted by Crippen LogP contribution is -2.61. The topological polar surface area (TPSA) is 195 Å². The Morgan fingerprint density at radius 2 is 1.60 bits per heavy atom. The number of rotatable bonds is 11. The van der Waals surface area contributed by atoms with Crippen LogP contribution in [0.1, 0.15) is 57.9 Å². The van der Waals surface area contributed by atoms with Gasteiger partial charge in [0, 0.05) is 32.4 Å². The summed E-state index contributed by atoms with van der Waals surface area (Å²) in [4.78, 5) is 79.4. The van der Waals surface area contributed by atoms with Gasteiger partial charge in [0.25, 0.3) is 0 Å². The average molecular weight is 603 g/mol. The molecule has 2 fully saturated rings. The van der Waals surface area contributed by atoms with Crippen LogP contribution in [0.4, 0.5) is 0 Å². The minimum absolute atomic E-state index is 0.0325. The Morgan fingerprint density at radius 1 is 0.953 bits per heavy atom. The van der Waals surface area contributed by atoms with E-state index in [1.54, 1.807) is 24.3 Å². The molecule has 0 spiro atoms. The molecule has 0 aliphatic carbocycles. The first-order valence-corrected chi connectivity index (χ1v) is 14.6. The molecule has 6 N–H and O–H groups in total. The number of hydrogen-bond acceptors (Lipinski definition) is 8. The largest absolute Gasteiger partial charge is 0.497 e. The van der Waals surface area contributed by atoms with Gasteiger partial charge in [-0.25, -0.2) is 5.48 Å². The summed E-state index contributed by atoms with van der Waals surface area (Å²) in [6.07, 6.45) is 1.05. The van der Waals surface area contributed by atoms with Crippen molar-refractivity contribution in [1.82, 2.24) is 31.6 Å². The molecule has 1 aromatic carbocycles. The molecule has 14 heteroatoms. The fraction of sp³-hybridized carbons (Fsp3) is 0.586. The van der Waals surface area contributed by atoms with Crippen LogP contribution in [-0.4, -0.2) is 89.9 Å². The molecule has 2 aliphatic rings. The van der Waals surface area contributed by atoms with Crippen LogP contribution in [0.2, 0.25) is 0 Å². The first-order valence-electron chi connectivity index (χ1n) is 14.6. The van der Waals surface area contributed by atoms with E-state index in [9.17, 15) is 28.8 Å². The molecule has 0 aromatic heterocycles. The zero-order valence-corrected chi connectivity index (χ0v) is 24.8. The summed E-state index contributed by atoms with van der Waals surface area (Å²) in [5.74, 6) is -2.49. The smallest absolute Gasteiger partial charge is 0.245 e. The highest BCUT2D eigenvalue weighted by Crippen LogP contribution is 2.22. The Morgan fingerprint density at radius 3 is 2.26 bits per heavy atom. The van der Waals surface area contributed by atoms with Crippen molar-refractivity contribution in [2.75, 3.05) is 20.2 Å². The minimum Gasteiger partial charge on any atom is -0.497 e. The summed E-state index contributed by atoms with van der Waals surface area (Å²) in [6, 6.07) is 3.05. The number of carbonyl (C=O) groups is 6. The van der Waals surface area contributed by atoms with E-state index in [0.29, 0.717) is 31.6 Å². The lowest BCUT2D eigenvalue weighted by molar-refractivity contribution is -0.143. The van der Waals surface area contributed by atoms with E-state index >= 15 is 0 Å². The molecule has 3 rings (SSSR count). The number of fused-ring (bicyclic) bond motifs is 1. The second-order valence-corrected chi connectivity index (χ2v) is 11.2. The Kier molecular flexibility index (Phi) is 12.3. The Balaban J connectivity index is 1.86. The van der Waals surface area contributed by atoms with Gasteiger partial charge in [-0.3, -0.25) is 34.0 Å². The van der Waals surface area contributed by atoms with Crippen LogP contribution in [0.5, 0.6) is 5.75 Å². The van der Waals surface area contributed by atoms with E-state index in [-0.39, 0.29) is 44.1 Å². The number of methoxy groups -OCH3 is 1. The highest BCUT2D eigenvalue weighted by atomic mass is 16.5. The normalized spacial score (nSPS) is 22.9. The zero-order chi connectivity index (χ0) is 31.5. The van der Waals surface area contributed by atoms with Crippen LogP contribution < -0.4 is 31.5 Å². The highest BCUT2D eigenvalue weighted by Gasteiger charge is 2.40. The second kappa shape index (κ2) is 15.9. The molecule has 0 radical (unpaired) electrons. The van der Waals surface area contributed by atoms with Gasteiger partial charge in [0.15, 0.2) is 0 Å². The molecule has 43 heavy (non-hydrogen) atoms. The molecule has 0 saturated carbocycles. The van der Waals surface area contributed by atoms with Crippen LogP contribution in [0.25, 0.3) is 0 Å². The van der Waals surface area contributed by atoms with Crippen molar-refractivity contribution in [3.63, 3.8) is 0 Å². The highest BCUT2D eigenvalue weighted by molar-refractivity contribution is 5.98. The summed E-state index contributed by atoms with van der Waals surface area (Å²) in [5, 5.41) is 19.4. The molecule has 2 aliphatic heterocycles. The van der Waals surface area contributed by atoms with Crippen molar-refractivity contribution in [2.45, 2.75) is 83.0 Å². The first kappa shape index (κ1) is 33.3. The SMILES string of the molecule is COc1ccc(C[C@H]2NC(=O)[C@H](CCC(=O)NCCC(=O)NO)NC(=O)[C@H]3CCCN3C(=O)[C@H](CC(C)C)NC2=O)cc1. The summed E-state index contributed by atoms with van der Waals surface area (Å²) in [5.41, 5.74) is 2.20. The van der Waals surface area contributed by atoms with Crippen LogP contribution in [0, 0.1) is 5.92 Å². The number of ether oxygens (including phenoxy) is 1. The first-order chi connectivity index (χ1) is 20.5. The van der Waals surface area contributed by atoms with Gasteiger partial charge in [0.1, 0.15) is 29.9 Å². The molecule has 2 saturated heterocycles. The van der Waals surface area contributed by atoms with E-state index in [0.717, 1.165) is 5.56 Å². The van der Waals surface area contributed by atoms with Gasteiger partial charge in [0.2, 0.25) is 35.4 Å². The third-order valence-corrected chi connectivity index (χ3v) is 7.48. The van der Waals surface area contributed by atoms with Gasteiger partial charge in [-0.2, -0.15) is 0 Å². The number of amides is 6. The molecule has 4 atom stereocenters. The lowest BCUT2D eigenvalue weighted by atomic mass is 9.99. The number of carbonyl (C=O) groups excluding carboxylic acids is 6. The van der Waals surface area contributed by atoms with Crippen LogP contribution in [0.3, 0.4) is 0 Å². The molecule has 236 valence electrons. The zero-order valence-electron chi connectivity index (χ0n) is 24.8. The fourth-order valence-electron chi connectivity index (χ4n) is 5.22. The van der Waals surface area contributed by atoms with Gasteiger partial charge in [-0.1, -0.05) is 26.0 Å². The molecule has 0 unspecified atom stereocenters. The number of benzene rings is 1. The molecule has 6 amide bonds. The van der Waals surface area contributed by atoms with E-state index in [2.05, 4.69) is 21.3 Å². The summed E-state index contributed by atoms with van der Waals surface area (Å²) < 4.78 is 5.20. The molecule has 0 bridgehead atoms. The molecule has 14 nitrogen and oxygen atoms in total. The average Bonchev–Trinajstić information content (AvgIpc) is 3.47. The van der Waals surface area contributed by atoms with Gasteiger partial charge in [0.05, 0.1) is 7.11 Å². The Labute approximate surface area is 250 Å². The maximum atomic E-state index is 13.7. The maximum Gasteiger partial charge on any atom is 0.245 e. The van der Waals surface area contributed by atoms with Gasteiger partial charge >= 0.3 is 0 Å². The van der Waals surface area contributed by atoms with Gasteiger partial charge in [-0.15, -0.1) is 0 Å². The standard InChI is InChI=1S/C29H42N6O8/c1-17(2)15-22-29(41)35-14-4-5-23(35)28(40)31-20(10-11-24(36)30-13-12-25(37)34-42)26(38)32-21(27(39)33-22)16-18-6-8-19(43-3)9-7-18/h6-9,17,20-23,42H,4-5,10-16H2,1-3H3,(H,30,36)(H,31,40)(H,32,38)(H,33,39)(H,34,37)/t20-,21+,22-,23+/m0/s1. The van der Waals surface area contributed by atoms with Crippen molar-refractivity contribution in [2.24, 2.45) is 5.92 Å². The maximum absolute atomic E-state index is 13.7. The van der Waals surface area contributed by atoms with Gasteiger partial charge < -0.3 is 30.9 Å². The second-order valence-electron chi connectivity index (χ2n) is 11.2. The molecular formula is C29H42N6O8. The summed E-state index contributed by atoms with van der Waals surface area (Å²) in [6.45, 7) is 4.18. The van der Waals surface area contributed by atoms with Crippen molar-refractivity contribution in [1.29, 1.82) is 0 Å². The van der Waals surface area contributed by atoms with E-state index < -0.39 is 53.7 Å². The summed E-state index contributed by atoms with van der Waals surface area (Å²) >= 11 is 0. The summed E-state index contributed by atoms with van der Waals surface area (Å²) in [7, 11) is 1.53. The van der Waals surface area contributed by atoms with Crippen LogP contribution >= 0.6 is 0 Å². The number of hydrogen-bond donors (Lipinski definition) is 6. The van der Waals surface area contributed by atoms with Crippen molar-refractivity contribution < 1.29 is 38.7 Å². The van der Waals surface area contributed by atoms with E-state index in [4.69, 9.17) is 9.94 Å². The van der Waals surface area contributed by atoms with Crippen molar-refractivity contribution in [3.8, 4) is 5.75 Å². The lowest BCUT2D eigenvalue weighted by Gasteiger charge is -2.33. The number of nitrogens with zero attached hydrogens (tertiary/aromatic N) is 1. The predicted molar refractivity (Wildman–Crippen MR) is 153 cm³/mol. The molecular weight excluding hydrogens is 560 g/mol. The number of nitrogens with one attached hydrogen (secondary N) is 5. The Bertz CT molecular complexity index is 1170. The third-order valence-electron chi connectivity index (χ3n) is 7.48. The predicted octanol–water partition coefficient (Wildman–Crippen LogP) is -0.465. The minimum atomic E-state index is -1.17. The van der Waals surface area contributed by atoms with Crippen LogP contribution in [-0.2, 0) is 35.2 Å². The molecule has 2 heterocycles. The quantitative estimate of drug-likeness (QED) is 0.144.